The van der Waals surface area contributed by atoms with Crippen LogP contribution in [0, 0.1) is 0 Å². The lowest BCUT2D eigenvalue weighted by Crippen LogP contribution is -2.36. The van der Waals surface area contributed by atoms with E-state index in [1.165, 1.54) is 0 Å². The number of aromatic nitrogens is 4. The Balaban J connectivity index is 1.75. The van der Waals surface area contributed by atoms with Gasteiger partial charge in [0.05, 0.1) is 11.7 Å². The average Bonchev–Trinajstić information content (AvgIpc) is 2.99. The molecule has 3 rings (SSSR count). The summed E-state index contributed by atoms with van der Waals surface area (Å²) in [7, 11) is 0. The zero-order valence-corrected chi connectivity index (χ0v) is 14.3. The van der Waals surface area contributed by atoms with Crippen molar-refractivity contribution in [1.29, 1.82) is 0 Å². The Labute approximate surface area is 142 Å². The normalized spacial score (nSPS) is 17.5. The molecule has 1 aromatic carbocycles. The third kappa shape index (κ3) is 3.46. The first kappa shape index (κ1) is 16.6. The fourth-order valence-corrected chi connectivity index (χ4v) is 3.17. The standard InChI is InChI=1S/C17H24N6O/c1-3-16(24)22-11-7-10-21(12-13-22)14(2)17-18-19-20-23(17)15-8-5-4-6-9-15/h4-6,8-9,14H,3,7,10-13H2,1-2H3. The zero-order valence-electron chi connectivity index (χ0n) is 14.3. The second kappa shape index (κ2) is 7.53. The van der Waals surface area contributed by atoms with Gasteiger partial charge in [0.15, 0.2) is 5.82 Å². The predicted molar refractivity (Wildman–Crippen MR) is 90.6 cm³/mol. The molecule has 128 valence electrons. The van der Waals surface area contributed by atoms with E-state index in [9.17, 15) is 4.79 Å². The second-order valence-electron chi connectivity index (χ2n) is 6.08. The molecule has 1 saturated heterocycles. The van der Waals surface area contributed by atoms with Crippen LogP contribution in [-0.4, -0.2) is 62.1 Å². The van der Waals surface area contributed by atoms with Gasteiger partial charge in [-0.25, -0.2) is 0 Å². The highest BCUT2D eigenvalue weighted by Crippen LogP contribution is 2.21. The van der Waals surface area contributed by atoms with E-state index >= 15 is 0 Å². The van der Waals surface area contributed by atoms with Gasteiger partial charge < -0.3 is 4.90 Å². The van der Waals surface area contributed by atoms with Crippen LogP contribution in [0.2, 0.25) is 0 Å². The fraction of sp³-hybridized carbons (Fsp3) is 0.529. The van der Waals surface area contributed by atoms with Gasteiger partial charge in [0.2, 0.25) is 5.91 Å². The maximum Gasteiger partial charge on any atom is 0.222 e. The lowest BCUT2D eigenvalue weighted by Gasteiger charge is -2.26. The zero-order chi connectivity index (χ0) is 16.9. The van der Waals surface area contributed by atoms with Crippen molar-refractivity contribution >= 4 is 5.91 Å². The topological polar surface area (TPSA) is 67.2 Å². The Morgan fingerprint density at radius 3 is 2.71 bits per heavy atom. The van der Waals surface area contributed by atoms with Crippen molar-refractivity contribution < 1.29 is 4.79 Å². The second-order valence-corrected chi connectivity index (χ2v) is 6.08. The van der Waals surface area contributed by atoms with E-state index in [4.69, 9.17) is 0 Å². The third-order valence-electron chi connectivity index (χ3n) is 4.60. The number of carbonyl (C=O) groups excluding carboxylic acids is 1. The van der Waals surface area contributed by atoms with Crippen LogP contribution < -0.4 is 0 Å². The fourth-order valence-electron chi connectivity index (χ4n) is 3.17. The van der Waals surface area contributed by atoms with Crippen LogP contribution in [0.4, 0.5) is 0 Å². The number of tetrazole rings is 1. The van der Waals surface area contributed by atoms with Crippen molar-refractivity contribution in [2.75, 3.05) is 26.2 Å². The van der Waals surface area contributed by atoms with Crippen LogP contribution in [0.5, 0.6) is 0 Å². The molecule has 1 unspecified atom stereocenters. The van der Waals surface area contributed by atoms with Gasteiger partial charge in [0, 0.05) is 32.6 Å². The first-order valence-corrected chi connectivity index (χ1v) is 8.56. The van der Waals surface area contributed by atoms with Gasteiger partial charge >= 0.3 is 0 Å². The van der Waals surface area contributed by atoms with Crippen molar-refractivity contribution in [3.63, 3.8) is 0 Å². The molecule has 1 amide bonds. The smallest absolute Gasteiger partial charge is 0.222 e. The molecule has 1 fully saturated rings. The highest BCUT2D eigenvalue weighted by molar-refractivity contribution is 5.75. The molecule has 2 heterocycles. The molecule has 0 aliphatic carbocycles. The van der Waals surface area contributed by atoms with Crippen molar-refractivity contribution in [3.8, 4) is 5.69 Å². The highest BCUT2D eigenvalue weighted by atomic mass is 16.2. The van der Waals surface area contributed by atoms with E-state index in [0.717, 1.165) is 44.1 Å². The Morgan fingerprint density at radius 1 is 1.17 bits per heavy atom. The predicted octanol–water partition coefficient (Wildman–Crippen LogP) is 1.67. The first-order chi connectivity index (χ1) is 11.7. The Hall–Kier alpha value is -2.28. The number of carbonyl (C=O) groups is 1. The average molecular weight is 328 g/mol. The summed E-state index contributed by atoms with van der Waals surface area (Å²) in [5.74, 6) is 1.06. The molecule has 24 heavy (non-hydrogen) atoms. The van der Waals surface area contributed by atoms with E-state index < -0.39 is 0 Å². The Kier molecular flexibility index (Phi) is 5.20. The summed E-state index contributed by atoms with van der Waals surface area (Å²) in [5, 5.41) is 12.3. The molecular formula is C17H24N6O. The number of benzene rings is 1. The van der Waals surface area contributed by atoms with Gasteiger partial charge in [-0.1, -0.05) is 25.1 Å². The van der Waals surface area contributed by atoms with Crippen molar-refractivity contribution in [2.45, 2.75) is 32.7 Å². The van der Waals surface area contributed by atoms with Gasteiger partial charge in [-0.2, -0.15) is 4.68 Å². The molecule has 1 aliphatic heterocycles. The van der Waals surface area contributed by atoms with Gasteiger partial charge in [0.1, 0.15) is 0 Å². The molecule has 0 spiro atoms. The largest absolute Gasteiger partial charge is 0.341 e. The van der Waals surface area contributed by atoms with Gasteiger partial charge in [-0.3, -0.25) is 9.69 Å². The minimum absolute atomic E-state index is 0.0943. The molecule has 0 saturated carbocycles. The SMILES string of the molecule is CCC(=O)N1CCCN(C(C)c2nnnn2-c2ccccc2)CC1. The molecule has 1 aliphatic rings. The van der Waals surface area contributed by atoms with Crippen LogP contribution in [-0.2, 0) is 4.79 Å². The monoisotopic (exact) mass is 328 g/mol. The maximum atomic E-state index is 11.9. The molecule has 0 bridgehead atoms. The summed E-state index contributed by atoms with van der Waals surface area (Å²) in [6.45, 7) is 7.43. The summed E-state index contributed by atoms with van der Waals surface area (Å²) in [4.78, 5) is 16.3. The molecule has 7 heteroatoms. The van der Waals surface area contributed by atoms with E-state index in [2.05, 4.69) is 27.3 Å². The number of hydrogen-bond donors (Lipinski definition) is 0. The van der Waals surface area contributed by atoms with E-state index in [-0.39, 0.29) is 11.9 Å². The van der Waals surface area contributed by atoms with Gasteiger partial charge in [0.25, 0.3) is 0 Å². The number of para-hydroxylation sites is 1. The van der Waals surface area contributed by atoms with E-state index in [1.54, 1.807) is 4.68 Å². The lowest BCUT2D eigenvalue weighted by atomic mass is 10.2. The number of amides is 1. The Bertz CT molecular complexity index is 671. The minimum atomic E-state index is 0.0943. The summed E-state index contributed by atoms with van der Waals surface area (Å²) in [5.41, 5.74) is 0.960. The van der Waals surface area contributed by atoms with Crippen LogP contribution >= 0.6 is 0 Å². The van der Waals surface area contributed by atoms with Gasteiger partial charge in [-0.15, -0.1) is 5.10 Å². The summed E-state index contributed by atoms with van der Waals surface area (Å²) in [6, 6.07) is 10.0. The molecule has 2 aromatic rings. The van der Waals surface area contributed by atoms with Crippen LogP contribution in [0.25, 0.3) is 5.69 Å². The van der Waals surface area contributed by atoms with E-state index in [0.29, 0.717) is 6.42 Å². The van der Waals surface area contributed by atoms with Crippen molar-refractivity contribution in [1.82, 2.24) is 30.0 Å². The van der Waals surface area contributed by atoms with Crippen LogP contribution in [0.1, 0.15) is 38.6 Å². The summed E-state index contributed by atoms with van der Waals surface area (Å²) >= 11 is 0. The van der Waals surface area contributed by atoms with Crippen molar-refractivity contribution in [3.05, 3.63) is 36.2 Å². The van der Waals surface area contributed by atoms with Crippen LogP contribution in [0.15, 0.2) is 30.3 Å². The molecule has 1 atom stereocenters. The third-order valence-corrected chi connectivity index (χ3v) is 4.60. The lowest BCUT2D eigenvalue weighted by molar-refractivity contribution is -0.130. The van der Waals surface area contributed by atoms with Crippen molar-refractivity contribution in [2.24, 2.45) is 0 Å². The number of nitrogens with zero attached hydrogens (tertiary/aromatic N) is 6. The Morgan fingerprint density at radius 2 is 1.96 bits per heavy atom. The summed E-state index contributed by atoms with van der Waals surface area (Å²) < 4.78 is 1.80. The first-order valence-electron chi connectivity index (χ1n) is 8.56. The maximum absolute atomic E-state index is 11.9. The number of hydrogen-bond acceptors (Lipinski definition) is 5. The molecule has 7 nitrogen and oxygen atoms in total. The van der Waals surface area contributed by atoms with E-state index in [1.807, 2.05) is 42.2 Å². The highest BCUT2D eigenvalue weighted by Gasteiger charge is 2.25. The molecule has 1 aromatic heterocycles. The minimum Gasteiger partial charge on any atom is -0.341 e. The van der Waals surface area contributed by atoms with Gasteiger partial charge in [-0.05, 0) is 35.9 Å². The molecular weight excluding hydrogens is 304 g/mol. The quantitative estimate of drug-likeness (QED) is 0.854. The molecule has 0 N–H and O–H groups in total. The summed E-state index contributed by atoms with van der Waals surface area (Å²) in [6.07, 6.45) is 1.55. The van der Waals surface area contributed by atoms with Crippen LogP contribution in [0.3, 0.4) is 0 Å². The number of rotatable bonds is 4. The molecule has 0 radical (unpaired) electrons.